The Labute approximate surface area is 113 Å². The maximum Gasteiger partial charge on any atom is 0.328 e. The van der Waals surface area contributed by atoms with E-state index in [2.05, 4.69) is 21.2 Å². The molecule has 8 heteroatoms. The van der Waals surface area contributed by atoms with E-state index in [0.29, 0.717) is 10.2 Å². The minimum absolute atomic E-state index is 0.0471. The fraction of sp³-hybridized carbons (Fsp3) is 0.300. The second kappa shape index (κ2) is 4.77. The Hall–Kier alpha value is -1.28. The van der Waals surface area contributed by atoms with Gasteiger partial charge < -0.3 is 11.1 Å². The van der Waals surface area contributed by atoms with Crippen LogP contribution in [-0.4, -0.2) is 20.5 Å². The third-order valence-electron chi connectivity index (χ3n) is 2.42. The largest absolute Gasteiger partial charge is 0.398 e. The Morgan fingerprint density at radius 3 is 2.61 bits per heavy atom. The highest BCUT2D eigenvalue weighted by Gasteiger charge is 2.26. The van der Waals surface area contributed by atoms with Gasteiger partial charge in [0.2, 0.25) is 0 Å². The van der Waals surface area contributed by atoms with E-state index in [9.17, 15) is 13.2 Å². The number of carbonyl (C=O) groups is 1. The van der Waals surface area contributed by atoms with E-state index in [4.69, 9.17) is 5.73 Å². The predicted molar refractivity (Wildman–Crippen MR) is 70.4 cm³/mol. The number of urea groups is 1. The van der Waals surface area contributed by atoms with E-state index in [1.807, 2.05) is 4.72 Å². The molecule has 2 amide bonds. The SMILES string of the molecule is Nc1cc(S(=O)(=O)NC(=O)NC2CC2)ccc1Br. The lowest BCUT2D eigenvalue weighted by Crippen LogP contribution is -2.40. The number of carbonyl (C=O) groups excluding carboxylic acids is 1. The number of amides is 2. The van der Waals surface area contributed by atoms with Crippen LogP contribution in [0, 0.1) is 0 Å². The molecular weight excluding hydrogens is 322 g/mol. The third-order valence-corrected chi connectivity index (χ3v) is 4.47. The number of halogens is 1. The van der Waals surface area contributed by atoms with Gasteiger partial charge in [0.1, 0.15) is 0 Å². The molecule has 0 heterocycles. The first-order chi connectivity index (χ1) is 8.38. The molecule has 4 N–H and O–H groups in total. The van der Waals surface area contributed by atoms with Crippen molar-refractivity contribution in [1.82, 2.24) is 10.0 Å². The Balaban J connectivity index is 2.13. The molecule has 0 aromatic heterocycles. The molecule has 2 rings (SSSR count). The van der Waals surface area contributed by atoms with Crippen LogP contribution in [0.3, 0.4) is 0 Å². The molecule has 0 aliphatic heterocycles. The van der Waals surface area contributed by atoms with Gasteiger partial charge in [0.05, 0.1) is 4.90 Å². The fourth-order valence-electron chi connectivity index (χ4n) is 1.31. The van der Waals surface area contributed by atoms with Crippen LogP contribution in [0.5, 0.6) is 0 Å². The zero-order valence-electron chi connectivity index (χ0n) is 9.31. The summed E-state index contributed by atoms with van der Waals surface area (Å²) in [4.78, 5) is 11.3. The molecule has 0 radical (unpaired) electrons. The molecule has 1 aromatic rings. The Kier molecular flexibility index (Phi) is 3.49. The summed E-state index contributed by atoms with van der Waals surface area (Å²) in [6.45, 7) is 0. The van der Waals surface area contributed by atoms with Crippen LogP contribution in [0.2, 0.25) is 0 Å². The average Bonchev–Trinajstić information content (AvgIpc) is 3.04. The number of rotatable bonds is 3. The van der Waals surface area contributed by atoms with Crippen LogP contribution in [-0.2, 0) is 10.0 Å². The molecule has 1 aliphatic carbocycles. The first-order valence-corrected chi connectivity index (χ1v) is 7.54. The number of anilines is 1. The van der Waals surface area contributed by atoms with Crippen molar-refractivity contribution < 1.29 is 13.2 Å². The summed E-state index contributed by atoms with van der Waals surface area (Å²) in [7, 11) is -3.88. The Morgan fingerprint density at radius 1 is 1.39 bits per heavy atom. The van der Waals surface area contributed by atoms with E-state index in [1.165, 1.54) is 18.2 Å². The molecule has 98 valence electrons. The van der Waals surface area contributed by atoms with Gasteiger partial charge >= 0.3 is 6.03 Å². The van der Waals surface area contributed by atoms with Gasteiger partial charge in [0.25, 0.3) is 10.0 Å². The number of sulfonamides is 1. The maximum absolute atomic E-state index is 11.9. The fourth-order valence-corrected chi connectivity index (χ4v) is 2.51. The summed E-state index contributed by atoms with van der Waals surface area (Å²) < 4.78 is 26.3. The van der Waals surface area contributed by atoms with Crippen LogP contribution in [0.25, 0.3) is 0 Å². The second-order valence-electron chi connectivity index (χ2n) is 4.04. The van der Waals surface area contributed by atoms with Crippen molar-refractivity contribution in [3.8, 4) is 0 Å². The van der Waals surface area contributed by atoms with Crippen molar-refractivity contribution in [2.24, 2.45) is 0 Å². The monoisotopic (exact) mass is 333 g/mol. The first kappa shape index (κ1) is 13.2. The topological polar surface area (TPSA) is 101 Å². The number of hydrogen-bond donors (Lipinski definition) is 3. The molecule has 0 spiro atoms. The van der Waals surface area contributed by atoms with Crippen molar-refractivity contribution >= 4 is 37.7 Å². The molecule has 6 nitrogen and oxygen atoms in total. The zero-order valence-corrected chi connectivity index (χ0v) is 11.7. The molecule has 1 aliphatic rings. The molecule has 1 saturated carbocycles. The Morgan fingerprint density at radius 2 is 2.06 bits per heavy atom. The minimum Gasteiger partial charge on any atom is -0.398 e. The van der Waals surface area contributed by atoms with Gasteiger partial charge in [-0.05, 0) is 47.0 Å². The second-order valence-corrected chi connectivity index (χ2v) is 6.57. The molecule has 1 aromatic carbocycles. The predicted octanol–water partition coefficient (Wildman–Crippen LogP) is 1.18. The number of hydrogen-bond acceptors (Lipinski definition) is 4. The molecule has 1 fully saturated rings. The van der Waals surface area contributed by atoms with Crippen LogP contribution in [0.1, 0.15) is 12.8 Å². The summed E-state index contributed by atoms with van der Waals surface area (Å²) in [5.41, 5.74) is 5.89. The molecule has 0 unspecified atom stereocenters. The number of benzene rings is 1. The van der Waals surface area contributed by atoms with Gasteiger partial charge in [0.15, 0.2) is 0 Å². The maximum atomic E-state index is 11.9. The summed E-state index contributed by atoms with van der Waals surface area (Å²) in [6, 6.07) is 3.56. The normalized spacial score (nSPS) is 15.2. The summed E-state index contributed by atoms with van der Waals surface area (Å²) in [6.07, 6.45) is 1.78. The molecular formula is C10H12BrN3O3S. The van der Waals surface area contributed by atoms with Crippen LogP contribution >= 0.6 is 15.9 Å². The minimum atomic E-state index is -3.88. The highest BCUT2D eigenvalue weighted by Crippen LogP contribution is 2.23. The van der Waals surface area contributed by atoms with Gasteiger partial charge in [0, 0.05) is 16.2 Å². The standard InChI is InChI=1S/C10H12BrN3O3S/c11-8-4-3-7(5-9(8)12)18(16,17)14-10(15)13-6-1-2-6/h3-6H,1-2,12H2,(H2,13,14,15). The molecule has 0 atom stereocenters. The smallest absolute Gasteiger partial charge is 0.328 e. The van der Waals surface area contributed by atoms with E-state index >= 15 is 0 Å². The van der Waals surface area contributed by atoms with Crippen LogP contribution in [0.4, 0.5) is 10.5 Å². The highest BCUT2D eigenvalue weighted by molar-refractivity contribution is 9.10. The quantitative estimate of drug-likeness (QED) is 0.723. The highest BCUT2D eigenvalue weighted by atomic mass is 79.9. The molecule has 18 heavy (non-hydrogen) atoms. The van der Waals surface area contributed by atoms with Crippen molar-refractivity contribution in [2.75, 3.05) is 5.73 Å². The zero-order chi connectivity index (χ0) is 13.3. The lowest BCUT2D eigenvalue weighted by atomic mass is 10.3. The molecule has 0 saturated heterocycles. The number of nitrogen functional groups attached to an aromatic ring is 1. The summed E-state index contributed by atoms with van der Waals surface area (Å²) >= 11 is 3.17. The Bertz CT molecular complexity index is 584. The summed E-state index contributed by atoms with van der Waals surface area (Å²) in [5.74, 6) is 0. The van der Waals surface area contributed by atoms with E-state index in [-0.39, 0.29) is 10.9 Å². The lowest BCUT2D eigenvalue weighted by molar-refractivity contribution is 0.245. The van der Waals surface area contributed by atoms with E-state index < -0.39 is 16.1 Å². The average molecular weight is 334 g/mol. The van der Waals surface area contributed by atoms with Crippen molar-refractivity contribution in [1.29, 1.82) is 0 Å². The number of nitrogens with two attached hydrogens (primary N) is 1. The van der Waals surface area contributed by atoms with Gasteiger partial charge in [-0.2, -0.15) is 0 Å². The first-order valence-electron chi connectivity index (χ1n) is 5.27. The van der Waals surface area contributed by atoms with Crippen molar-refractivity contribution in [3.05, 3.63) is 22.7 Å². The molecule has 0 bridgehead atoms. The van der Waals surface area contributed by atoms with Gasteiger partial charge in [-0.3, -0.25) is 0 Å². The number of nitrogens with one attached hydrogen (secondary N) is 2. The van der Waals surface area contributed by atoms with Crippen molar-refractivity contribution in [2.45, 2.75) is 23.8 Å². The van der Waals surface area contributed by atoms with Gasteiger partial charge in [-0.15, -0.1) is 0 Å². The van der Waals surface area contributed by atoms with E-state index in [1.54, 1.807) is 0 Å². The summed E-state index contributed by atoms with van der Waals surface area (Å²) in [5, 5.41) is 2.54. The van der Waals surface area contributed by atoms with Crippen LogP contribution < -0.4 is 15.8 Å². The van der Waals surface area contributed by atoms with E-state index in [0.717, 1.165) is 12.8 Å². The lowest BCUT2D eigenvalue weighted by Gasteiger charge is -2.08. The van der Waals surface area contributed by atoms with Crippen LogP contribution in [0.15, 0.2) is 27.6 Å². The van der Waals surface area contributed by atoms with Crippen molar-refractivity contribution in [3.63, 3.8) is 0 Å². The third kappa shape index (κ3) is 3.14. The van der Waals surface area contributed by atoms with Gasteiger partial charge in [-0.1, -0.05) is 0 Å². The van der Waals surface area contributed by atoms with Gasteiger partial charge in [-0.25, -0.2) is 17.9 Å².